The number of anilines is 1. The highest BCUT2D eigenvalue weighted by atomic mass is 35.5. The predicted octanol–water partition coefficient (Wildman–Crippen LogP) is 2.95. The predicted molar refractivity (Wildman–Crippen MR) is 99.1 cm³/mol. The van der Waals surface area contributed by atoms with Crippen LogP contribution in [0.1, 0.15) is 26.7 Å². The van der Waals surface area contributed by atoms with Crippen molar-refractivity contribution in [2.75, 3.05) is 19.0 Å². The standard InChI is InChI=1S/C17H21ClN2O4S/c1-4-13-16(22)20(17(23)14(5-2)25-13)9-15(21)19-11-8-10(18)6-7-12(11)24-3/h6-8,13-14H,4-5,9H2,1-3H3,(H,19,21)/t13-,14-/m1/s1. The van der Waals surface area contributed by atoms with E-state index in [0.717, 1.165) is 4.90 Å². The van der Waals surface area contributed by atoms with Crippen molar-refractivity contribution in [3.63, 3.8) is 0 Å². The molecule has 1 fully saturated rings. The minimum Gasteiger partial charge on any atom is -0.495 e. The first kappa shape index (κ1) is 19.6. The summed E-state index contributed by atoms with van der Waals surface area (Å²) < 4.78 is 5.18. The lowest BCUT2D eigenvalue weighted by atomic mass is 10.2. The van der Waals surface area contributed by atoms with Crippen molar-refractivity contribution in [1.29, 1.82) is 0 Å². The Morgan fingerprint density at radius 3 is 2.36 bits per heavy atom. The molecule has 1 aliphatic heterocycles. The van der Waals surface area contributed by atoms with Crippen molar-refractivity contribution in [2.45, 2.75) is 37.2 Å². The maximum atomic E-state index is 12.5. The van der Waals surface area contributed by atoms with Crippen molar-refractivity contribution < 1.29 is 19.1 Å². The molecule has 2 rings (SSSR count). The van der Waals surface area contributed by atoms with Gasteiger partial charge in [0, 0.05) is 5.02 Å². The summed E-state index contributed by atoms with van der Waals surface area (Å²) in [5.41, 5.74) is 0.394. The molecule has 0 aromatic heterocycles. The number of imide groups is 1. The molecule has 0 saturated carbocycles. The van der Waals surface area contributed by atoms with E-state index in [1.54, 1.807) is 18.2 Å². The van der Waals surface area contributed by atoms with E-state index in [1.165, 1.54) is 18.9 Å². The largest absolute Gasteiger partial charge is 0.495 e. The molecule has 1 heterocycles. The smallest absolute Gasteiger partial charge is 0.244 e. The van der Waals surface area contributed by atoms with E-state index in [-0.39, 0.29) is 28.9 Å². The number of thioether (sulfide) groups is 1. The normalized spacial score (nSPS) is 20.6. The molecule has 0 radical (unpaired) electrons. The van der Waals surface area contributed by atoms with Crippen LogP contribution in [-0.2, 0) is 14.4 Å². The molecule has 1 N–H and O–H groups in total. The molecular weight excluding hydrogens is 364 g/mol. The van der Waals surface area contributed by atoms with Gasteiger partial charge in [-0.1, -0.05) is 25.4 Å². The molecule has 2 atom stereocenters. The van der Waals surface area contributed by atoms with Gasteiger partial charge in [-0.3, -0.25) is 19.3 Å². The second-order valence-corrected chi connectivity index (χ2v) is 7.43. The Balaban J connectivity index is 2.14. The number of ether oxygens (including phenoxy) is 1. The maximum Gasteiger partial charge on any atom is 0.244 e. The number of halogens is 1. The van der Waals surface area contributed by atoms with Crippen molar-refractivity contribution in [3.8, 4) is 5.75 Å². The molecule has 8 heteroatoms. The van der Waals surface area contributed by atoms with Crippen LogP contribution in [0, 0.1) is 0 Å². The number of carbonyl (C=O) groups excluding carboxylic acids is 3. The first-order valence-electron chi connectivity index (χ1n) is 8.05. The summed E-state index contributed by atoms with van der Waals surface area (Å²) in [7, 11) is 1.48. The number of amides is 3. The lowest BCUT2D eigenvalue weighted by Crippen LogP contribution is -2.53. The topological polar surface area (TPSA) is 75.7 Å². The zero-order chi connectivity index (χ0) is 18.6. The van der Waals surface area contributed by atoms with Crippen molar-refractivity contribution in [3.05, 3.63) is 23.2 Å². The summed E-state index contributed by atoms with van der Waals surface area (Å²) in [6.45, 7) is 3.47. The molecule has 0 aliphatic carbocycles. The third-order valence-electron chi connectivity index (χ3n) is 3.89. The zero-order valence-corrected chi connectivity index (χ0v) is 15.9. The average molecular weight is 385 g/mol. The van der Waals surface area contributed by atoms with E-state index in [4.69, 9.17) is 16.3 Å². The SMILES string of the molecule is CC[C@H]1S[C@H](CC)C(=O)N(CC(=O)Nc2cc(Cl)ccc2OC)C1=O. The Hall–Kier alpha value is -1.73. The Kier molecular flexibility index (Phi) is 6.72. The third kappa shape index (κ3) is 4.46. The van der Waals surface area contributed by atoms with Crippen LogP contribution in [0.5, 0.6) is 5.75 Å². The minimum absolute atomic E-state index is 0.295. The van der Waals surface area contributed by atoms with Crippen LogP contribution in [0.3, 0.4) is 0 Å². The molecule has 3 amide bonds. The van der Waals surface area contributed by atoms with Crippen LogP contribution in [-0.4, -0.2) is 46.8 Å². The van der Waals surface area contributed by atoms with Gasteiger partial charge in [0.15, 0.2) is 0 Å². The first-order valence-corrected chi connectivity index (χ1v) is 9.37. The Morgan fingerprint density at radius 2 is 1.84 bits per heavy atom. The van der Waals surface area contributed by atoms with Crippen LogP contribution in [0.4, 0.5) is 5.69 Å². The summed E-state index contributed by atoms with van der Waals surface area (Å²) in [5.74, 6) is -0.646. The Morgan fingerprint density at radius 1 is 1.24 bits per heavy atom. The van der Waals surface area contributed by atoms with E-state index < -0.39 is 5.91 Å². The van der Waals surface area contributed by atoms with E-state index >= 15 is 0 Å². The van der Waals surface area contributed by atoms with Crippen LogP contribution in [0.25, 0.3) is 0 Å². The molecule has 1 aromatic carbocycles. The van der Waals surface area contributed by atoms with Gasteiger partial charge in [-0.2, -0.15) is 0 Å². The molecular formula is C17H21ClN2O4S. The van der Waals surface area contributed by atoms with Crippen LogP contribution in [0.2, 0.25) is 5.02 Å². The van der Waals surface area contributed by atoms with Gasteiger partial charge < -0.3 is 10.1 Å². The van der Waals surface area contributed by atoms with E-state index in [1.807, 2.05) is 13.8 Å². The van der Waals surface area contributed by atoms with E-state index in [9.17, 15) is 14.4 Å². The Bertz CT molecular complexity index is 661. The Labute approximate surface area is 156 Å². The summed E-state index contributed by atoms with van der Waals surface area (Å²) in [6.07, 6.45) is 1.24. The highest BCUT2D eigenvalue weighted by Gasteiger charge is 2.40. The van der Waals surface area contributed by atoms with E-state index in [0.29, 0.717) is 29.3 Å². The van der Waals surface area contributed by atoms with Gasteiger partial charge in [0.25, 0.3) is 0 Å². The molecule has 0 unspecified atom stereocenters. The lowest BCUT2D eigenvalue weighted by molar-refractivity contribution is -0.147. The number of carbonyl (C=O) groups is 3. The van der Waals surface area contributed by atoms with Gasteiger partial charge in [-0.15, -0.1) is 11.8 Å². The van der Waals surface area contributed by atoms with Crippen molar-refractivity contribution in [2.24, 2.45) is 0 Å². The summed E-state index contributed by atoms with van der Waals surface area (Å²) in [5, 5.41) is 2.50. The van der Waals surface area contributed by atoms with E-state index in [2.05, 4.69) is 5.32 Å². The fraction of sp³-hybridized carbons (Fsp3) is 0.471. The van der Waals surface area contributed by atoms with Crippen molar-refractivity contribution >= 4 is 46.8 Å². The number of benzene rings is 1. The number of nitrogens with zero attached hydrogens (tertiary/aromatic N) is 1. The average Bonchev–Trinajstić information content (AvgIpc) is 2.59. The first-order chi connectivity index (χ1) is 11.9. The highest BCUT2D eigenvalue weighted by molar-refractivity contribution is 8.02. The van der Waals surface area contributed by atoms with Crippen LogP contribution < -0.4 is 10.1 Å². The number of rotatable bonds is 6. The molecule has 0 bridgehead atoms. The fourth-order valence-electron chi connectivity index (χ4n) is 2.58. The molecule has 25 heavy (non-hydrogen) atoms. The lowest BCUT2D eigenvalue weighted by Gasteiger charge is -2.34. The van der Waals surface area contributed by atoms with Crippen LogP contribution >= 0.6 is 23.4 Å². The summed E-state index contributed by atoms with van der Waals surface area (Å²) in [6, 6.07) is 4.83. The number of methoxy groups -OCH3 is 1. The fourth-order valence-corrected chi connectivity index (χ4v) is 4.02. The molecule has 136 valence electrons. The molecule has 0 spiro atoms. The van der Waals surface area contributed by atoms with Gasteiger partial charge in [-0.25, -0.2) is 0 Å². The van der Waals surface area contributed by atoms with Gasteiger partial charge in [0.05, 0.1) is 23.3 Å². The second-order valence-electron chi connectivity index (χ2n) is 5.59. The van der Waals surface area contributed by atoms with Crippen LogP contribution in [0.15, 0.2) is 18.2 Å². The monoisotopic (exact) mass is 384 g/mol. The van der Waals surface area contributed by atoms with Gasteiger partial charge >= 0.3 is 0 Å². The molecule has 6 nitrogen and oxygen atoms in total. The van der Waals surface area contributed by atoms with Gasteiger partial charge in [-0.05, 0) is 31.0 Å². The number of hydrogen-bond acceptors (Lipinski definition) is 5. The molecule has 1 saturated heterocycles. The number of nitrogens with one attached hydrogen (secondary N) is 1. The maximum absolute atomic E-state index is 12.5. The molecule has 1 aliphatic rings. The zero-order valence-electron chi connectivity index (χ0n) is 14.4. The molecule has 1 aromatic rings. The van der Waals surface area contributed by atoms with Crippen molar-refractivity contribution in [1.82, 2.24) is 4.90 Å². The van der Waals surface area contributed by atoms with Gasteiger partial charge in [0.2, 0.25) is 17.7 Å². The minimum atomic E-state index is -0.473. The summed E-state index contributed by atoms with van der Waals surface area (Å²) in [4.78, 5) is 38.3. The third-order valence-corrected chi connectivity index (χ3v) is 5.85. The quantitative estimate of drug-likeness (QED) is 0.763. The number of hydrogen-bond donors (Lipinski definition) is 1. The second kappa shape index (κ2) is 8.58. The summed E-state index contributed by atoms with van der Waals surface area (Å²) >= 11 is 7.32. The van der Waals surface area contributed by atoms with Gasteiger partial charge in [0.1, 0.15) is 12.3 Å². The highest BCUT2D eigenvalue weighted by Crippen LogP contribution is 2.32.